The molecule has 0 amide bonds. The van der Waals surface area contributed by atoms with E-state index in [1.165, 1.54) is 0 Å². The van der Waals surface area contributed by atoms with Gasteiger partial charge >= 0.3 is 0 Å². The van der Waals surface area contributed by atoms with Gasteiger partial charge < -0.3 is 39.4 Å². The van der Waals surface area contributed by atoms with Crippen molar-refractivity contribution in [1.82, 2.24) is 0 Å². The minimum Gasteiger partial charge on any atom is -0.378 e. The summed E-state index contributed by atoms with van der Waals surface area (Å²) in [5, 5.41) is 50.4. The van der Waals surface area contributed by atoms with Crippen LogP contribution >= 0.6 is 0 Å². The summed E-state index contributed by atoms with van der Waals surface area (Å²) in [6.07, 6.45) is -3.75. The smallest absolute Gasteiger partial charge is 0.164 e. The molecule has 0 aromatic heterocycles. The fourth-order valence-corrected chi connectivity index (χ4v) is 10.3. The minimum absolute atomic E-state index is 0. The average molecular weight is 981 g/mol. The Balaban J connectivity index is 0.000000188. The molecule has 2 aliphatic rings. The van der Waals surface area contributed by atoms with Crippen molar-refractivity contribution in [2.45, 2.75) is 86.1 Å². The zero-order valence-corrected chi connectivity index (χ0v) is 41.9. The monoisotopic (exact) mass is 980 g/mol. The molecule has 0 bridgehead atoms. The van der Waals surface area contributed by atoms with Gasteiger partial charge in [0.05, 0.1) is 0 Å². The Labute approximate surface area is 432 Å². The van der Waals surface area contributed by atoms with Crippen molar-refractivity contribution in [2.24, 2.45) is 0 Å². The molecule has 0 spiro atoms. The molecule has 0 unspecified atom stereocenters. The standard InChI is InChI=1S/2C31H30O4.Ti/c2*1-29(2)34-27(30(32,23-15-7-3-8-16-23)24-17-9-4-10-18-24)28(35-29)31(33,25-19-11-5-12-20-25)26-21-13-6-14-22-26;/h2*3-22,27-28,32-33H,1-2H3;/t2*27-,28-;/m11./s1. The topological polar surface area (TPSA) is 118 Å². The van der Waals surface area contributed by atoms with Crippen LogP contribution in [0.2, 0.25) is 0 Å². The van der Waals surface area contributed by atoms with E-state index < -0.39 is 58.4 Å². The van der Waals surface area contributed by atoms with Crippen molar-refractivity contribution >= 4 is 0 Å². The third kappa shape index (κ3) is 9.91. The van der Waals surface area contributed by atoms with Gasteiger partial charge in [-0.05, 0) is 72.2 Å². The first-order chi connectivity index (χ1) is 33.7. The van der Waals surface area contributed by atoms with Crippen LogP contribution in [0.1, 0.15) is 72.2 Å². The quantitative estimate of drug-likeness (QED) is 0.0895. The summed E-state index contributed by atoms with van der Waals surface area (Å²) in [5.41, 5.74) is -1.13. The number of ether oxygens (including phenoxy) is 4. The number of aliphatic hydroxyl groups is 4. The summed E-state index contributed by atoms with van der Waals surface area (Å²) < 4.78 is 26.0. The molecule has 2 saturated heterocycles. The Morgan fingerprint density at radius 2 is 0.366 bits per heavy atom. The van der Waals surface area contributed by atoms with Crippen LogP contribution in [0.15, 0.2) is 243 Å². The van der Waals surface area contributed by atoms with Crippen LogP contribution in [0, 0.1) is 0 Å². The van der Waals surface area contributed by atoms with Crippen LogP contribution in [0.25, 0.3) is 0 Å². The molecule has 8 nitrogen and oxygen atoms in total. The van der Waals surface area contributed by atoms with Crippen LogP contribution in [0.5, 0.6) is 0 Å². The molecular weight excluding hydrogens is 921 g/mol. The first kappa shape index (κ1) is 51.5. The number of hydrogen-bond acceptors (Lipinski definition) is 8. The van der Waals surface area contributed by atoms with Gasteiger partial charge in [-0.3, -0.25) is 0 Å². The first-order valence-corrected chi connectivity index (χ1v) is 23.8. The van der Waals surface area contributed by atoms with E-state index in [0.29, 0.717) is 44.5 Å². The molecule has 4 N–H and O–H groups in total. The third-order valence-corrected chi connectivity index (χ3v) is 13.6. The first-order valence-electron chi connectivity index (χ1n) is 23.8. The molecule has 2 aliphatic heterocycles. The van der Waals surface area contributed by atoms with Crippen LogP contribution in [-0.2, 0) is 63.1 Å². The van der Waals surface area contributed by atoms with Crippen molar-refractivity contribution in [3.05, 3.63) is 287 Å². The Kier molecular flexibility index (Phi) is 15.3. The number of hydrogen-bond donors (Lipinski definition) is 4. The largest absolute Gasteiger partial charge is 0.378 e. The van der Waals surface area contributed by atoms with E-state index in [2.05, 4.69) is 0 Å². The van der Waals surface area contributed by atoms with E-state index in [4.69, 9.17) is 18.9 Å². The Morgan fingerprint density at radius 1 is 0.254 bits per heavy atom. The summed E-state index contributed by atoms with van der Waals surface area (Å²) >= 11 is 0. The molecule has 0 radical (unpaired) electrons. The molecule has 2 heterocycles. The number of rotatable bonds is 12. The van der Waals surface area contributed by atoms with Gasteiger partial charge in [0.25, 0.3) is 0 Å². The van der Waals surface area contributed by atoms with Crippen LogP contribution < -0.4 is 0 Å². The second kappa shape index (κ2) is 21.1. The van der Waals surface area contributed by atoms with E-state index in [9.17, 15) is 20.4 Å². The van der Waals surface area contributed by atoms with Crippen LogP contribution in [0.3, 0.4) is 0 Å². The minimum atomic E-state index is -1.60. The van der Waals surface area contributed by atoms with Crippen molar-refractivity contribution < 1.29 is 61.1 Å². The third-order valence-electron chi connectivity index (χ3n) is 13.6. The molecule has 4 atom stereocenters. The summed E-state index contributed by atoms with van der Waals surface area (Å²) in [6, 6.07) is 75.5. The van der Waals surface area contributed by atoms with E-state index in [1.807, 2.05) is 270 Å². The number of benzene rings is 8. The average Bonchev–Trinajstić information content (AvgIpc) is 3.95. The van der Waals surface area contributed by atoms with Gasteiger partial charge in [0, 0.05) is 21.7 Å². The van der Waals surface area contributed by atoms with Crippen molar-refractivity contribution in [3.63, 3.8) is 0 Å². The van der Waals surface area contributed by atoms with Gasteiger partial charge in [-0.15, -0.1) is 0 Å². The maximum atomic E-state index is 12.6. The fraction of sp³-hybridized carbons (Fsp3) is 0.226. The molecule has 10 rings (SSSR count). The SMILES string of the molecule is CC1(C)O[C@@H](C(O)(c2ccccc2)c2ccccc2)[C@H](C(O)(c2ccccc2)c2ccccc2)O1.CC1(C)O[C@@H](C(O)(c2ccccc2)c2ccccc2)[C@H](C(O)(c2ccccc2)c2ccccc2)O1.[Ti]. The Morgan fingerprint density at radius 3 is 0.479 bits per heavy atom. The van der Waals surface area contributed by atoms with Gasteiger partial charge in [0.1, 0.15) is 46.8 Å². The summed E-state index contributed by atoms with van der Waals surface area (Å²) in [6.45, 7) is 7.25. The predicted molar refractivity (Wildman–Crippen MR) is 271 cm³/mol. The van der Waals surface area contributed by atoms with Crippen molar-refractivity contribution in [3.8, 4) is 0 Å². The molecule has 8 aromatic carbocycles. The van der Waals surface area contributed by atoms with Gasteiger partial charge in [0.2, 0.25) is 0 Å². The van der Waals surface area contributed by atoms with Crippen LogP contribution in [0.4, 0.5) is 0 Å². The molecular formula is C62H60O8Ti. The van der Waals surface area contributed by atoms with Gasteiger partial charge in [0.15, 0.2) is 11.6 Å². The molecule has 0 aliphatic carbocycles. The molecule has 2 fully saturated rings. The molecule has 0 saturated carbocycles. The normalized spacial score (nSPS) is 19.7. The molecule has 9 heteroatoms. The Bertz CT molecular complexity index is 2330. The predicted octanol–water partition coefficient (Wildman–Crippen LogP) is 10.8. The van der Waals surface area contributed by atoms with E-state index >= 15 is 0 Å². The van der Waals surface area contributed by atoms with Gasteiger partial charge in [-0.2, -0.15) is 0 Å². The van der Waals surface area contributed by atoms with E-state index in [-0.39, 0.29) is 21.7 Å². The molecule has 71 heavy (non-hydrogen) atoms. The summed E-state index contributed by atoms with van der Waals surface area (Å²) in [5.74, 6) is -2.10. The van der Waals surface area contributed by atoms with Crippen LogP contribution in [-0.4, -0.2) is 56.4 Å². The van der Waals surface area contributed by atoms with E-state index in [0.717, 1.165) is 0 Å². The van der Waals surface area contributed by atoms with Crippen molar-refractivity contribution in [1.29, 1.82) is 0 Å². The summed E-state index contributed by atoms with van der Waals surface area (Å²) in [4.78, 5) is 0. The zero-order valence-electron chi connectivity index (χ0n) is 40.3. The zero-order chi connectivity index (χ0) is 49.0. The van der Waals surface area contributed by atoms with Crippen molar-refractivity contribution in [2.75, 3.05) is 0 Å². The Hall–Kier alpha value is -5.85. The maximum Gasteiger partial charge on any atom is 0.164 e. The van der Waals surface area contributed by atoms with Gasteiger partial charge in [-0.1, -0.05) is 243 Å². The van der Waals surface area contributed by atoms with E-state index in [1.54, 1.807) is 0 Å². The molecule has 8 aromatic rings. The maximum absolute atomic E-state index is 12.6. The molecule has 360 valence electrons. The fourth-order valence-electron chi connectivity index (χ4n) is 10.3. The summed E-state index contributed by atoms with van der Waals surface area (Å²) in [7, 11) is 0. The second-order valence-electron chi connectivity index (χ2n) is 18.9. The second-order valence-corrected chi connectivity index (χ2v) is 18.9. The van der Waals surface area contributed by atoms with Gasteiger partial charge in [-0.25, -0.2) is 0 Å².